The fourth-order valence-corrected chi connectivity index (χ4v) is 4.88. The molecule has 1 atom stereocenters. The Labute approximate surface area is 150 Å². The SMILES string of the molecule is O=C(CCCC1CCCCCCCCCCC1)C1C(=O)CSC1=O. The normalized spacial score (nSPS) is 25.2. The molecule has 1 aliphatic carbocycles. The fourth-order valence-electron chi connectivity index (χ4n) is 4.00. The summed E-state index contributed by atoms with van der Waals surface area (Å²) in [4.78, 5) is 35.4. The predicted octanol–water partition coefficient (Wildman–Crippen LogP) is 5.11. The van der Waals surface area contributed by atoms with Crippen molar-refractivity contribution < 1.29 is 14.4 Å². The zero-order valence-electron chi connectivity index (χ0n) is 14.9. The van der Waals surface area contributed by atoms with Crippen LogP contribution in [0.3, 0.4) is 0 Å². The number of carbonyl (C=O) groups excluding carboxylic acids is 3. The highest BCUT2D eigenvalue weighted by atomic mass is 32.2. The van der Waals surface area contributed by atoms with Crippen molar-refractivity contribution in [3.63, 3.8) is 0 Å². The van der Waals surface area contributed by atoms with Crippen LogP contribution in [-0.4, -0.2) is 22.4 Å². The van der Waals surface area contributed by atoms with Crippen LogP contribution < -0.4 is 0 Å². The van der Waals surface area contributed by atoms with E-state index in [0.29, 0.717) is 6.42 Å². The summed E-state index contributed by atoms with van der Waals surface area (Å²) in [5.41, 5.74) is 0. The van der Waals surface area contributed by atoms with Gasteiger partial charge in [-0.25, -0.2) is 0 Å². The van der Waals surface area contributed by atoms with E-state index < -0.39 is 5.92 Å². The van der Waals surface area contributed by atoms with E-state index in [4.69, 9.17) is 0 Å². The van der Waals surface area contributed by atoms with E-state index in [1.807, 2.05) is 0 Å². The van der Waals surface area contributed by atoms with Gasteiger partial charge in [0.25, 0.3) is 0 Å². The molecule has 2 aliphatic rings. The maximum atomic E-state index is 12.2. The lowest BCUT2D eigenvalue weighted by Crippen LogP contribution is -2.25. The average Bonchev–Trinajstić information content (AvgIpc) is 2.88. The number of thioether (sulfide) groups is 1. The summed E-state index contributed by atoms with van der Waals surface area (Å²) in [6.45, 7) is 0. The molecule has 4 heteroatoms. The largest absolute Gasteiger partial charge is 0.298 e. The van der Waals surface area contributed by atoms with Crippen LogP contribution in [0.2, 0.25) is 0 Å². The van der Waals surface area contributed by atoms with Gasteiger partial charge in [0.05, 0.1) is 5.75 Å². The number of hydrogen-bond donors (Lipinski definition) is 0. The van der Waals surface area contributed by atoms with Gasteiger partial charge >= 0.3 is 0 Å². The van der Waals surface area contributed by atoms with Crippen molar-refractivity contribution >= 4 is 28.4 Å². The van der Waals surface area contributed by atoms with Gasteiger partial charge in [0.15, 0.2) is 11.6 Å². The molecular formula is C20H32O3S. The summed E-state index contributed by atoms with van der Waals surface area (Å²) >= 11 is 1.01. The van der Waals surface area contributed by atoms with Crippen molar-refractivity contribution in [1.82, 2.24) is 0 Å². The van der Waals surface area contributed by atoms with Gasteiger partial charge in [0.1, 0.15) is 5.92 Å². The van der Waals surface area contributed by atoms with Gasteiger partial charge in [-0.2, -0.15) is 0 Å². The number of rotatable bonds is 5. The Hall–Kier alpha value is -0.640. The molecule has 2 fully saturated rings. The topological polar surface area (TPSA) is 51.2 Å². The summed E-state index contributed by atoms with van der Waals surface area (Å²) in [6.07, 6.45) is 17.1. The van der Waals surface area contributed by atoms with Gasteiger partial charge in [0, 0.05) is 6.42 Å². The maximum Gasteiger partial charge on any atom is 0.207 e. The van der Waals surface area contributed by atoms with E-state index >= 15 is 0 Å². The van der Waals surface area contributed by atoms with Crippen LogP contribution in [-0.2, 0) is 14.4 Å². The molecule has 0 aromatic heterocycles. The number of Topliss-reactive ketones (excluding diaryl/α,β-unsaturated/α-hetero) is 2. The molecule has 0 aromatic carbocycles. The van der Waals surface area contributed by atoms with Crippen molar-refractivity contribution in [2.45, 2.75) is 89.9 Å². The second kappa shape index (κ2) is 11.1. The minimum absolute atomic E-state index is 0.136. The molecule has 0 amide bonds. The van der Waals surface area contributed by atoms with Crippen LogP contribution in [0.1, 0.15) is 89.9 Å². The Morgan fingerprint density at radius 3 is 1.92 bits per heavy atom. The summed E-state index contributed by atoms with van der Waals surface area (Å²) in [5, 5.41) is -0.226. The highest BCUT2D eigenvalue weighted by Gasteiger charge is 2.38. The first-order valence-electron chi connectivity index (χ1n) is 9.90. The van der Waals surface area contributed by atoms with Crippen LogP contribution in [0.5, 0.6) is 0 Å². The molecule has 0 N–H and O–H groups in total. The molecule has 1 saturated carbocycles. The molecule has 0 bridgehead atoms. The molecule has 136 valence electrons. The summed E-state index contributed by atoms with van der Waals surface area (Å²) in [5.74, 6) is -0.338. The second-order valence-electron chi connectivity index (χ2n) is 7.49. The van der Waals surface area contributed by atoms with Crippen LogP contribution in [0.25, 0.3) is 0 Å². The molecule has 1 saturated heterocycles. The number of carbonyl (C=O) groups is 3. The van der Waals surface area contributed by atoms with E-state index in [-0.39, 0.29) is 22.4 Å². The number of ketones is 2. The molecule has 3 nitrogen and oxygen atoms in total. The molecule has 1 unspecified atom stereocenters. The lowest BCUT2D eigenvalue weighted by atomic mass is 9.88. The maximum absolute atomic E-state index is 12.2. The van der Waals surface area contributed by atoms with E-state index in [1.54, 1.807) is 0 Å². The van der Waals surface area contributed by atoms with Gasteiger partial charge in [-0.3, -0.25) is 14.4 Å². The van der Waals surface area contributed by atoms with Crippen molar-refractivity contribution in [2.75, 3.05) is 5.75 Å². The Morgan fingerprint density at radius 1 is 0.875 bits per heavy atom. The first-order valence-corrected chi connectivity index (χ1v) is 10.9. The van der Waals surface area contributed by atoms with Crippen LogP contribution in [0.15, 0.2) is 0 Å². The highest BCUT2D eigenvalue weighted by molar-refractivity contribution is 8.15. The van der Waals surface area contributed by atoms with Crippen molar-refractivity contribution in [2.24, 2.45) is 11.8 Å². The lowest BCUT2D eigenvalue weighted by molar-refractivity contribution is -0.134. The Bertz CT molecular complexity index is 405. The summed E-state index contributed by atoms with van der Waals surface area (Å²) < 4.78 is 0. The lowest BCUT2D eigenvalue weighted by Gasteiger charge is -2.18. The smallest absolute Gasteiger partial charge is 0.207 e. The molecule has 1 heterocycles. The van der Waals surface area contributed by atoms with Crippen molar-refractivity contribution in [1.29, 1.82) is 0 Å². The van der Waals surface area contributed by atoms with E-state index in [0.717, 1.165) is 30.5 Å². The molecule has 1 aliphatic heterocycles. The zero-order valence-corrected chi connectivity index (χ0v) is 15.7. The van der Waals surface area contributed by atoms with Gasteiger partial charge < -0.3 is 0 Å². The van der Waals surface area contributed by atoms with Crippen molar-refractivity contribution in [3.8, 4) is 0 Å². The molecule has 0 spiro atoms. The zero-order chi connectivity index (χ0) is 17.2. The third-order valence-electron chi connectivity index (χ3n) is 5.50. The predicted molar refractivity (Wildman–Crippen MR) is 99.1 cm³/mol. The summed E-state index contributed by atoms with van der Waals surface area (Å²) in [7, 11) is 0. The Balaban J connectivity index is 1.70. The van der Waals surface area contributed by atoms with Gasteiger partial charge in [-0.1, -0.05) is 88.8 Å². The second-order valence-corrected chi connectivity index (χ2v) is 8.47. The van der Waals surface area contributed by atoms with E-state index in [1.165, 1.54) is 70.6 Å². The van der Waals surface area contributed by atoms with Crippen LogP contribution >= 0.6 is 11.8 Å². The minimum Gasteiger partial charge on any atom is -0.298 e. The standard InChI is InChI=1S/C20H32O3S/c21-17(19-18(22)15-24-20(19)23)14-10-13-16-11-8-6-4-2-1-3-5-7-9-12-16/h16,19H,1-15H2. The van der Waals surface area contributed by atoms with Gasteiger partial charge in [0.2, 0.25) is 5.12 Å². The quantitative estimate of drug-likeness (QED) is 0.646. The molecular weight excluding hydrogens is 320 g/mol. The fraction of sp³-hybridized carbons (Fsp3) is 0.850. The highest BCUT2D eigenvalue weighted by Crippen LogP contribution is 2.28. The molecule has 24 heavy (non-hydrogen) atoms. The Kier molecular flexibility index (Phi) is 9.08. The third-order valence-corrected chi connectivity index (χ3v) is 6.45. The molecule has 2 rings (SSSR count). The van der Waals surface area contributed by atoms with Crippen LogP contribution in [0, 0.1) is 11.8 Å². The van der Waals surface area contributed by atoms with Gasteiger partial charge in [-0.15, -0.1) is 0 Å². The molecule has 0 radical (unpaired) electrons. The first-order chi connectivity index (χ1) is 11.7. The average molecular weight is 353 g/mol. The third kappa shape index (κ3) is 6.70. The van der Waals surface area contributed by atoms with E-state index in [9.17, 15) is 14.4 Å². The number of hydrogen-bond acceptors (Lipinski definition) is 4. The summed E-state index contributed by atoms with van der Waals surface area (Å²) in [6, 6.07) is 0. The van der Waals surface area contributed by atoms with Gasteiger partial charge in [-0.05, 0) is 12.3 Å². The monoisotopic (exact) mass is 352 g/mol. The Morgan fingerprint density at radius 2 is 1.42 bits per heavy atom. The van der Waals surface area contributed by atoms with E-state index in [2.05, 4.69) is 0 Å². The minimum atomic E-state index is -0.939. The van der Waals surface area contributed by atoms with Crippen molar-refractivity contribution in [3.05, 3.63) is 0 Å². The first kappa shape index (κ1) is 19.7. The molecule has 0 aromatic rings. The van der Waals surface area contributed by atoms with Crippen LogP contribution in [0.4, 0.5) is 0 Å².